The molecule has 0 atom stereocenters. The summed E-state index contributed by atoms with van der Waals surface area (Å²) in [6.07, 6.45) is 0.680. The summed E-state index contributed by atoms with van der Waals surface area (Å²) < 4.78 is 32.4. The standard InChI is InChI=1S/C25H31N5O4S/c1-28(18-21-8-4-2-5-9-21)25(31)13-12-24-26-23(27-34-24)19-29-14-16-30(17-15-29)35(32,33)20-22-10-6-3-7-11-22/h2-11H,12-20H2,1H3. The van der Waals surface area contributed by atoms with E-state index in [1.54, 1.807) is 16.3 Å². The van der Waals surface area contributed by atoms with Gasteiger partial charge in [-0.15, -0.1) is 0 Å². The molecule has 0 N–H and O–H groups in total. The number of benzene rings is 2. The molecule has 186 valence electrons. The largest absolute Gasteiger partial charge is 0.341 e. The minimum Gasteiger partial charge on any atom is -0.341 e. The van der Waals surface area contributed by atoms with Crippen molar-refractivity contribution in [2.75, 3.05) is 33.2 Å². The van der Waals surface area contributed by atoms with Crippen molar-refractivity contribution in [1.29, 1.82) is 0 Å². The van der Waals surface area contributed by atoms with Crippen LogP contribution in [0.25, 0.3) is 0 Å². The molecule has 0 unspecified atom stereocenters. The van der Waals surface area contributed by atoms with Crippen LogP contribution in [0.4, 0.5) is 0 Å². The lowest BCUT2D eigenvalue weighted by atomic mass is 10.2. The van der Waals surface area contributed by atoms with Crippen LogP contribution < -0.4 is 0 Å². The van der Waals surface area contributed by atoms with Crippen LogP contribution >= 0.6 is 0 Å². The third-order valence-electron chi connectivity index (χ3n) is 6.03. The molecule has 1 saturated heterocycles. The molecule has 0 radical (unpaired) electrons. The van der Waals surface area contributed by atoms with E-state index in [4.69, 9.17) is 4.52 Å². The number of amides is 1. The summed E-state index contributed by atoms with van der Waals surface area (Å²) in [7, 11) is -1.56. The molecule has 3 aromatic rings. The highest BCUT2D eigenvalue weighted by Gasteiger charge is 2.27. The van der Waals surface area contributed by atoms with E-state index in [1.165, 1.54) is 0 Å². The zero-order chi connectivity index (χ0) is 24.7. The van der Waals surface area contributed by atoms with E-state index in [-0.39, 0.29) is 11.7 Å². The van der Waals surface area contributed by atoms with Gasteiger partial charge < -0.3 is 9.42 Å². The van der Waals surface area contributed by atoms with E-state index in [9.17, 15) is 13.2 Å². The Bertz CT molecular complexity index is 1190. The van der Waals surface area contributed by atoms with E-state index in [2.05, 4.69) is 15.0 Å². The van der Waals surface area contributed by atoms with Crippen molar-refractivity contribution < 1.29 is 17.7 Å². The molecule has 1 fully saturated rings. The molecule has 4 rings (SSSR count). The van der Waals surface area contributed by atoms with Crippen LogP contribution in [-0.4, -0.2) is 71.8 Å². The second-order valence-corrected chi connectivity index (χ2v) is 10.7. The Labute approximate surface area is 206 Å². The van der Waals surface area contributed by atoms with Gasteiger partial charge in [-0.1, -0.05) is 65.8 Å². The molecule has 35 heavy (non-hydrogen) atoms. The number of carbonyl (C=O) groups is 1. The number of nitrogens with zero attached hydrogens (tertiary/aromatic N) is 5. The lowest BCUT2D eigenvalue weighted by Gasteiger charge is -2.33. The maximum atomic E-state index is 12.7. The first-order valence-corrected chi connectivity index (χ1v) is 13.3. The highest BCUT2D eigenvalue weighted by atomic mass is 32.2. The van der Waals surface area contributed by atoms with E-state index in [1.807, 2.05) is 60.7 Å². The molecule has 0 bridgehead atoms. The summed E-state index contributed by atoms with van der Waals surface area (Å²) in [6, 6.07) is 19.1. The highest BCUT2D eigenvalue weighted by Crippen LogP contribution is 2.15. The van der Waals surface area contributed by atoms with Crippen molar-refractivity contribution in [3.63, 3.8) is 0 Å². The predicted molar refractivity (Wildman–Crippen MR) is 131 cm³/mol. The van der Waals surface area contributed by atoms with Crippen molar-refractivity contribution in [2.45, 2.75) is 31.7 Å². The number of carbonyl (C=O) groups excluding carboxylic acids is 1. The van der Waals surface area contributed by atoms with Gasteiger partial charge in [0.15, 0.2) is 5.82 Å². The normalized spacial score (nSPS) is 15.2. The van der Waals surface area contributed by atoms with Crippen LogP contribution in [0.1, 0.15) is 29.3 Å². The number of aromatic nitrogens is 2. The van der Waals surface area contributed by atoms with E-state index >= 15 is 0 Å². The number of aryl methyl sites for hydroxylation is 1. The minimum absolute atomic E-state index is 0.0152. The van der Waals surface area contributed by atoms with Crippen molar-refractivity contribution >= 4 is 15.9 Å². The summed E-state index contributed by atoms with van der Waals surface area (Å²) in [5.74, 6) is 1.01. The Kier molecular flexibility index (Phi) is 8.27. The van der Waals surface area contributed by atoms with Gasteiger partial charge in [-0.2, -0.15) is 9.29 Å². The fourth-order valence-electron chi connectivity index (χ4n) is 4.05. The number of rotatable bonds is 10. The van der Waals surface area contributed by atoms with Gasteiger partial charge in [-0.3, -0.25) is 9.69 Å². The quantitative estimate of drug-likeness (QED) is 0.424. The topological polar surface area (TPSA) is 99.9 Å². The summed E-state index contributed by atoms with van der Waals surface area (Å²) in [6.45, 7) is 3.10. The first-order valence-electron chi connectivity index (χ1n) is 11.7. The summed E-state index contributed by atoms with van der Waals surface area (Å²) in [5, 5.41) is 4.04. The van der Waals surface area contributed by atoms with Gasteiger partial charge in [0.05, 0.1) is 12.3 Å². The highest BCUT2D eigenvalue weighted by molar-refractivity contribution is 7.88. The number of piperazine rings is 1. The lowest BCUT2D eigenvalue weighted by Crippen LogP contribution is -2.48. The van der Waals surface area contributed by atoms with Crippen LogP contribution in [0.5, 0.6) is 0 Å². The number of sulfonamides is 1. The molecule has 1 aliphatic rings. The molecular weight excluding hydrogens is 466 g/mol. The average molecular weight is 498 g/mol. The third-order valence-corrected chi connectivity index (χ3v) is 7.88. The summed E-state index contributed by atoms with van der Waals surface area (Å²) in [4.78, 5) is 20.7. The molecule has 0 saturated carbocycles. The molecule has 1 amide bonds. The maximum absolute atomic E-state index is 12.7. The molecule has 2 aromatic carbocycles. The monoisotopic (exact) mass is 497 g/mol. The van der Waals surface area contributed by atoms with Crippen molar-refractivity contribution in [1.82, 2.24) is 24.2 Å². The Hall–Kier alpha value is -3.08. The number of hydrogen-bond donors (Lipinski definition) is 0. The molecule has 1 aliphatic heterocycles. The molecular formula is C25H31N5O4S. The second-order valence-electron chi connectivity index (χ2n) is 8.76. The van der Waals surface area contributed by atoms with Crippen molar-refractivity contribution in [2.24, 2.45) is 0 Å². The van der Waals surface area contributed by atoms with Crippen molar-refractivity contribution in [3.05, 3.63) is 83.5 Å². The fraction of sp³-hybridized carbons (Fsp3) is 0.400. The van der Waals surface area contributed by atoms with Gasteiger partial charge in [0, 0.05) is 52.6 Å². The third kappa shape index (κ3) is 7.20. The van der Waals surface area contributed by atoms with Crippen LogP contribution in [0.2, 0.25) is 0 Å². The maximum Gasteiger partial charge on any atom is 0.227 e. The second kappa shape index (κ2) is 11.6. The molecule has 10 heteroatoms. The smallest absolute Gasteiger partial charge is 0.227 e. The van der Waals surface area contributed by atoms with E-state index < -0.39 is 10.0 Å². The molecule has 0 spiro atoms. The van der Waals surface area contributed by atoms with Gasteiger partial charge in [-0.25, -0.2) is 8.42 Å². The van der Waals surface area contributed by atoms with Gasteiger partial charge in [-0.05, 0) is 11.1 Å². The Morgan fingerprint density at radius 1 is 0.971 bits per heavy atom. The summed E-state index contributed by atoms with van der Waals surface area (Å²) >= 11 is 0. The van der Waals surface area contributed by atoms with E-state index in [0.29, 0.717) is 63.8 Å². The first kappa shape index (κ1) is 25.0. The Balaban J connectivity index is 1.20. The Morgan fingerprint density at radius 2 is 1.60 bits per heavy atom. The minimum atomic E-state index is -3.35. The van der Waals surface area contributed by atoms with Gasteiger partial charge in [0.1, 0.15) is 0 Å². The van der Waals surface area contributed by atoms with Crippen LogP contribution in [0.3, 0.4) is 0 Å². The van der Waals surface area contributed by atoms with Crippen molar-refractivity contribution in [3.8, 4) is 0 Å². The first-order chi connectivity index (χ1) is 16.9. The van der Waals surface area contributed by atoms with Crippen LogP contribution in [0, 0.1) is 0 Å². The van der Waals surface area contributed by atoms with Gasteiger partial charge in [0.25, 0.3) is 0 Å². The molecule has 1 aromatic heterocycles. The molecule has 0 aliphatic carbocycles. The zero-order valence-electron chi connectivity index (χ0n) is 19.9. The SMILES string of the molecule is CN(Cc1ccccc1)C(=O)CCc1nc(CN2CCN(S(=O)(=O)Cc3ccccc3)CC2)no1. The lowest BCUT2D eigenvalue weighted by molar-refractivity contribution is -0.130. The van der Waals surface area contributed by atoms with Gasteiger partial charge in [0.2, 0.25) is 21.8 Å². The van der Waals surface area contributed by atoms with Crippen LogP contribution in [0.15, 0.2) is 65.2 Å². The predicted octanol–water partition coefficient (Wildman–Crippen LogP) is 2.31. The van der Waals surface area contributed by atoms with Gasteiger partial charge >= 0.3 is 0 Å². The van der Waals surface area contributed by atoms with Crippen LogP contribution in [-0.2, 0) is 40.1 Å². The fourth-order valence-corrected chi connectivity index (χ4v) is 5.56. The molecule has 2 heterocycles. The molecule has 9 nitrogen and oxygen atoms in total. The Morgan fingerprint density at radius 3 is 2.26 bits per heavy atom. The van der Waals surface area contributed by atoms with E-state index in [0.717, 1.165) is 11.1 Å². The summed E-state index contributed by atoms with van der Waals surface area (Å²) in [5.41, 5.74) is 1.87. The zero-order valence-corrected chi connectivity index (χ0v) is 20.7. The average Bonchev–Trinajstić information content (AvgIpc) is 3.31. The number of hydrogen-bond acceptors (Lipinski definition) is 7.